The largest absolute Gasteiger partial charge is 0.357 e. The molecule has 0 heterocycles. The van der Waals surface area contributed by atoms with Crippen LogP contribution in [0.4, 0.5) is 28.0 Å². The molecule has 0 aliphatic carbocycles. The van der Waals surface area contributed by atoms with Gasteiger partial charge in [0.25, 0.3) is 5.91 Å². The fourth-order valence-corrected chi connectivity index (χ4v) is 3.10. The van der Waals surface area contributed by atoms with Gasteiger partial charge in [0.05, 0.1) is 15.6 Å². The summed E-state index contributed by atoms with van der Waals surface area (Å²) in [6.07, 6.45) is -3.81. The highest BCUT2D eigenvalue weighted by molar-refractivity contribution is 8.00. The monoisotopic (exact) mass is 440 g/mol. The molecule has 0 aliphatic rings. The summed E-state index contributed by atoms with van der Waals surface area (Å²) in [7, 11) is 0. The van der Waals surface area contributed by atoms with Crippen LogP contribution in [0.15, 0.2) is 47.4 Å². The summed E-state index contributed by atoms with van der Waals surface area (Å²) in [4.78, 5) is 23.8. The van der Waals surface area contributed by atoms with Crippen LogP contribution in [-0.2, 0) is 0 Å². The highest BCUT2D eigenvalue weighted by atomic mass is 35.5. The molecule has 0 saturated carbocycles. The molecule has 144 valence electrons. The second-order valence-corrected chi connectivity index (χ2v) is 7.03. The molecule has 0 bridgehead atoms. The summed E-state index contributed by atoms with van der Waals surface area (Å²) in [6.45, 7) is 0. The summed E-state index contributed by atoms with van der Waals surface area (Å²) in [5.74, 6) is -0.841. The Morgan fingerprint density at radius 3 is 2.07 bits per heavy atom. The maximum atomic E-state index is 13.0. The molecular weight excluding hydrogens is 431 g/mol. The van der Waals surface area contributed by atoms with E-state index < -0.39 is 23.6 Å². The molecule has 0 aromatic heterocycles. The van der Waals surface area contributed by atoms with Crippen LogP contribution in [0.2, 0.25) is 10.0 Å². The number of hydrogen-bond acceptors (Lipinski definition) is 3. The first-order valence-electron chi connectivity index (χ1n) is 7.11. The summed E-state index contributed by atoms with van der Waals surface area (Å²) in [5.41, 5.74) is 0.0623. The smallest absolute Gasteiger partial charge is 0.308 e. The average molecular weight is 441 g/mol. The number of imide groups is 1. The number of thioether (sulfide) groups is 1. The Bertz CT molecular complexity index is 831. The van der Waals surface area contributed by atoms with Crippen LogP contribution in [0.3, 0.4) is 0 Å². The van der Waals surface area contributed by atoms with Crippen molar-refractivity contribution in [2.45, 2.75) is 16.6 Å². The van der Waals surface area contributed by atoms with E-state index in [1.165, 1.54) is 30.3 Å². The molecule has 3 amide bonds. The number of rotatable bonds is 5. The van der Waals surface area contributed by atoms with Gasteiger partial charge in [-0.3, -0.25) is 10.1 Å². The van der Waals surface area contributed by atoms with Crippen molar-refractivity contribution in [2.75, 3.05) is 5.32 Å². The van der Waals surface area contributed by atoms with E-state index in [1.807, 2.05) is 5.32 Å². The summed E-state index contributed by atoms with van der Waals surface area (Å²) in [6, 6.07) is 8.14. The molecule has 0 unspecified atom stereocenters. The lowest BCUT2D eigenvalue weighted by Crippen LogP contribution is -2.34. The number of alkyl halides is 4. The average Bonchev–Trinajstić information content (AvgIpc) is 2.56. The van der Waals surface area contributed by atoms with Crippen molar-refractivity contribution in [3.8, 4) is 0 Å². The summed E-state index contributed by atoms with van der Waals surface area (Å²) < 4.78 is 50.3. The highest BCUT2D eigenvalue weighted by Gasteiger charge is 2.41. The van der Waals surface area contributed by atoms with Gasteiger partial charge in [0.15, 0.2) is 0 Å². The third-order valence-electron chi connectivity index (χ3n) is 3.04. The Kier molecular flexibility index (Phi) is 6.96. The quantitative estimate of drug-likeness (QED) is 0.449. The summed E-state index contributed by atoms with van der Waals surface area (Å²) in [5, 5.41) is 0.175. The molecule has 2 aromatic carbocycles. The topological polar surface area (TPSA) is 58.2 Å². The second kappa shape index (κ2) is 8.81. The Morgan fingerprint density at radius 2 is 1.56 bits per heavy atom. The zero-order valence-electron chi connectivity index (χ0n) is 13.1. The van der Waals surface area contributed by atoms with Crippen molar-refractivity contribution in [3.63, 3.8) is 0 Å². The maximum Gasteiger partial charge on any atom is 0.357 e. The van der Waals surface area contributed by atoms with Crippen LogP contribution in [-0.4, -0.2) is 23.6 Å². The molecule has 2 rings (SSSR count). The number of hydrogen-bond donors (Lipinski definition) is 2. The zero-order valence-corrected chi connectivity index (χ0v) is 15.4. The number of nitrogens with one attached hydrogen (secondary N) is 2. The third-order valence-corrected chi connectivity index (χ3v) is 4.63. The molecule has 0 aliphatic heterocycles. The number of amides is 3. The van der Waals surface area contributed by atoms with Crippen molar-refractivity contribution >= 4 is 52.6 Å². The van der Waals surface area contributed by atoms with Gasteiger partial charge in [0, 0.05) is 10.6 Å². The van der Waals surface area contributed by atoms with E-state index in [2.05, 4.69) is 5.32 Å². The fourth-order valence-electron chi connectivity index (χ4n) is 1.85. The van der Waals surface area contributed by atoms with E-state index in [1.54, 1.807) is 0 Å². The number of carbonyl (C=O) groups is 2. The third kappa shape index (κ3) is 5.75. The molecule has 0 saturated heterocycles. The van der Waals surface area contributed by atoms with Gasteiger partial charge < -0.3 is 5.32 Å². The van der Waals surface area contributed by atoms with E-state index in [0.29, 0.717) is 0 Å². The Balaban J connectivity index is 1.99. The van der Waals surface area contributed by atoms with Crippen molar-refractivity contribution in [2.24, 2.45) is 0 Å². The van der Waals surface area contributed by atoms with E-state index in [0.717, 1.165) is 12.1 Å². The van der Waals surface area contributed by atoms with Crippen LogP contribution in [0, 0.1) is 0 Å². The number of urea groups is 1. The van der Waals surface area contributed by atoms with Crippen LogP contribution >= 0.6 is 35.0 Å². The molecule has 4 nitrogen and oxygen atoms in total. The van der Waals surface area contributed by atoms with E-state index in [4.69, 9.17) is 23.2 Å². The summed E-state index contributed by atoms with van der Waals surface area (Å²) >= 11 is 11.4. The van der Waals surface area contributed by atoms with Gasteiger partial charge in [-0.15, -0.1) is 0 Å². The first-order valence-corrected chi connectivity index (χ1v) is 8.69. The van der Waals surface area contributed by atoms with E-state index in [9.17, 15) is 27.2 Å². The lowest BCUT2D eigenvalue weighted by molar-refractivity contribution is -0.0563. The Labute approximate surface area is 165 Å². The SMILES string of the molecule is O=C(NC(=O)c1c(Cl)cccc1Cl)Nc1ccc(SC(F)(F)C(F)F)cc1. The predicted octanol–water partition coefficient (Wildman–Crippen LogP) is 5.91. The second-order valence-electron chi connectivity index (χ2n) is 4.99. The van der Waals surface area contributed by atoms with Gasteiger partial charge >= 0.3 is 17.7 Å². The highest BCUT2D eigenvalue weighted by Crippen LogP contribution is 2.40. The lowest BCUT2D eigenvalue weighted by atomic mass is 10.2. The minimum absolute atomic E-state index is 0.0501. The van der Waals surface area contributed by atoms with Gasteiger partial charge in [-0.05, 0) is 48.2 Å². The van der Waals surface area contributed by atoms with Crippen LogP contribution in [0.1, 0.15) is 10.4 Å². The van der Waals surface area contributed by atoms with E-state index >= 15 is 0 Å². The minimum atomic E-state index is -4.23. The Hall–Kier alpha value is -1.97. The molecule has 0 radical (unpaired) electrons. The molecule has 0 spiro atoms. The van der Waals surface area contributed by atoms with Gasteiger partial charge in [0.2, 0.25) is 0 Å². The minimum Gasteiger partial charge on any atom is -0.308 e. The molecule has 27 heavy (non-hydrogen) atoms. The fraction of sp³-hybridized carbons (Fsp3) is 0.125. The number of anilines is 1. The van der Waals surface area contributed by atoms with Gasteiger partial charge in [-0.1, -0.05) is 29.3 Å². The molecule has 0 atom stereocenters. The Morgan fingerprint density at radius 1 is 1.00 bits per heavy atom. The molecule has 2 aromatic rings. The first kappa shape index (κ1) is 21.3. The first-order chi connectivity index (χ1) is 12.6. The number of benzene rings is 2. The number of carbonyl (C=O) groups excluding carboxylic acids is 2. The van der Waals surface area contributed by atoms with Crippen molar-refractivity contribution in [1.29, 1.82) is 0 Å². The maximum absolute atomic E-state index is 13.0. The molecular formula is C16H10Cl2F4N2O2S. The van der Waals surface area contributed by atoms with Crippen LogP contribution in [0.5, 0.6) is 0 Å². The van der Waals surface area contributed by atoms with Gasteiger partial charge in [0.1, 0.15) is 0 Å². The predicted molar refractivity (Wildman–Crippen MR) is 96.2 cm³/mol. The van der Waals surface area contributed by atoms with Gasteiger partial charge in [-0.25, -0.2) is 13.6 Å². The van der Waals surface area contributed by atoms with Crippen molar-refractivity contribution < 1.29 is 27.2 Å². The molecule has 11 heteroatoms. The molecule has 2 N–H and O–H groups in total. The number of halogens is 6. The lowest BCUT2D eigenvalue weighted by Gasteiger charge is -2.14. The van der Waals surface area contributed by atoms with Crippen LogP contribution in [0.25, 0.3) is 0 Å². The normalized spacial score (nSPS) is 11.4. The molecule has 0 fully saturated rings. The van der Waals surface area contributed by atoms with Crippen molar-refractivity contribution in [1.82, 2.24) is 5.32 Å². The van der Waals surface area contributed by atoms with Gasteiger partial charge in [-0.2, -0.15) is 8.78 Å². The van der Waals surface area contributed by atoms with E-state index in [-0.39, 0.29) is 38.0 Å². The standard InChI is InChI=1S/C16H10Cl2F4N2O2S/c17-10-2-1-3-11(18)12(10)13(25)24-15(26)23-8-4-6-9(7-5-8)27-16(21,22)14(19)20/h1-7,14H,(H2,23,24,25,26). The van der Waals surface area contributed by atoms with Crippen molar-refractivity contribution in [3.05, 3.63) is 58.1 Å². The zero-order chi connectivity index (χ0) is 20.2. The van der Waals surface area contributed by atoms with Crippen LogP contribution < -0.4 is 10.6 Å².